The summed E-state index contributed by atoms with van der Waals surface area (Å²) in [5.74, 6) is 1.45. The van der Waals surface area contributed by atoms with E-state index in [2.05, 4.69) is 25.6 Å². The number of nitrogens with zero attached hydrogens (tertiary/aromatic N) is 2. The Morgan fingerprint density at radius 3 is 2.64 bits per heavy atom. The van der Waals surface area contributed by atoms with Crippen LogP contribution in [0.4, 0.5) is 17.5 Å². The van der Waals surface area contributed by atoms with Crippen LogP contribution in [0.1, 0.15) is 19.3 Å². The third-order valence-corrected chi connectivity index (χ3v) is 4.21. The van der Waals surface area contributed by atoms with E-state index in [1.54, 1.807) is 0 Å². The summed E-state index contributed by atoms with van der Waals surface area (Å²) in [4.78, 5) is 12.3. The van der Waals surface area contributed by atoms with Gasteiger partial charge in [-0.2, -0.15) is 9.97 Å². The number of nitrogens with one attached hydrogen (secondary N) is 3. The first-order valence-electron chi connectivity index (χ1n) is 7.42. The molecule has 3 aromatic rings. The number of anilines is 3. The molecule has 1 fully saturated rings. The minimum absolute atomic E-state index is 0.524. The molecule has 0 atom stereocenters. The number of halogens is 1. The molecular weight excluding hydrogens is 298 g/mol. The van der Waals surface area contributed by atoms with Crippen molar-refractivity contribution in [2.45, 2.75) is 25.3 Å². The molecule has 3 N–H and O–H groups in total. The molecule has 1 saturated carbocycles. The second-order valence-corrected chi connectivity index (χ2v) is 5.98. The van der Waals surface area contributed by atoms with Gasteiger partial charge >= 0.3 is 0 Å². The summed E-state index contributed by atoms with van der Waals surface area (Å²) >= 11 is 5.91. The highest BCUT2D eigenvalue weighted by Gasteiger charge is 2.19. The molecule has 2 aromatic heterocycles. The Kier molecular flexibility index (Phi) is 3.35. The average Bonchev–Trinajstić information content (AvgIpc) is 2.93. The van der Waals surface area contributed by atoms with E-state index in [9.17, 15) is 0 Å². The van der Waals surface area contributed by atoms with E-state index < -0.39 is 0 Å². The number of hydrogen-bond donors (Lipinski definition) is 3. The Bertz CT molecular complexity index is 792. The van der Waals surface area contributed by atoms with Crippen molar-refractivity contribution in [3.05, 3.63) is 41.6 Å². The van der Waals surface area contributed by atoms with E-state index >= 15 is 0 Å². The third kappa shape index (κ3) is 2.60. The van der Waals surface area contributed by atoms with Crippen LogP contribution in [0, 0.1) is 0 Å². The Morgan fingerprint density at radius 1 is 1.09 bits per heavy atom. The van der Waals surface area contributed by atoms with Crippen molar-refractivity contribution in [2.24, 2.45) is 0 Å². The van der Waals surface area contributed by atoms with Gasteiger partial charge in [-0.25, -0.2) is 0 Å². The molecular formula is C16H16ClN5. The standard InChI is InChI=1S/C16H16ClN5/c17-10-4-6-12(7-5-10)20-16-21-14-13(8-9-18-14)15(22-16)19-11-2-1-3-11/h4-9,11H,1-3H2,(H3,18,19,20,21,22). The van der Waals surface area contributed by atoms with Gasteiger partial charge < -0.3 is 15.6 Å². The molecule has 0 radical (unpaired) electrons. The number of H-pyrrole nitrogens is 1. The Labute approximate surface area is 133 Å². The zero-order valence-electron chi connectivity index (χ0n) is 11.9. The second kappa shape index (κ2) is 5.50. The van der Waals surface area contributed by atoms with Crippen LogP contribution in [0.2, 0.25) is 5.02 Å². The van der Waals surface area contributed by atoms with Crippen molar-refractivity contribution >= 4 is 40.1 Å². The molecule has 1 aromatic carbocycles. The van der Waals surface area contributed by atoms with Gasteiger partial charge in [-0.1, -0.05) is 11.6 Å². The highest BCUT2D eigenvalue weighted by atomic mass is 35.5. The molecule has 0 spiro atoms. The van der Waals surface area contributed by atoms with Crippen molar-refractivity contribution in [3.8, 4) is 0 Å². The molecule has 2 heterocycles. The van der Waals surface area contributed by atoms with Crippen LogP contribution in [-0.4, -0.2) is 21.0 Å². The summed E-state index contributed by atoms with van der Waals surface area (Å²) in [6.07, 6.45) is 5.58. The highest BCUT2D eigenvalue weighted by Crippen LogP contribution is 2.28. The molecule has 0 bridgehead atoms. The zero-order valence-corrected chi connectivity index (χ0v) is 12.7. The van der Waals surface area contributed by atoms with Crippen molar-refractivity contribution in [2.75, 3.05) is 10.6 Å². The molecule has 0 aliphatic heterocycles. The molecule has 0 amide bonds. The molecule has 22 heavy (non-hydrogen) atoms. The second-order valence-electron chi connectivity index (χ2n) is 5.54. The summed E-state index contributed by atoms with van der Waals surface area (Å²) in [6.45, 7) is 0. The molecule has 1 aliphatic rings. The SMILES string of the molecule is Clc1ccc(Nc2nc(NC3CCC3)c3cc[nH]c3n2)cc1. The highest BCUT2D eigenvalue weighted by molar-refractivity contribution is 6.30. The Morgan fingerprint density at radius 2 is 1.91 bits per heavy atom. The number of aromatic amines is 1. The van der Waals surface area contributed by atoms with Gasteiger partial charge in [0.05, 0.1) is 5.39 Å². The fourth-order valence-corrected chi connectivity index (χ4v) is 2.64. The van der Waals surface area contributed by atoms with Gasteiger partial charge in [-0.3, -0.25) is 0 Å². The molecule has 0 unspecified atom stereocenters. The maximum absolute atomic E-state index is 5.91. The van der Waals surface area contributed by atoms with E-state index in [-0.39, 0.29) is 0 Å². The molecule has 112 valence electrons. The molecule has 6 heteroatoms. The first kappa shape index (κ1) is 13.4. The fraction of sp³-hybridized carbons (Fsp3) is 0.250. The van der Waals surface area contributed by atoms with Crippen molar-refractivity contribution < 1.29 is 0 Å². The van der Waals surface area contributed by atoms with Crippen LogP contribution in [0.5, 0.6) is 0 Å². The predicted molar refractivity (Wildman–Crippen MR) is 89.9 cm³/mol. The number of hydrogen-bond acceptors (Lipinski definition) is 4. The van der Waals surface area contributed by atoms with E-state index in [0.29, 0.717) is 17.0 Å². The van der Waals surface area contributed by atoms with Crippen molar-refractivity contribution in [3.63, 3.8) is 0 Å². The van der Waals surface area contributed by atoms with Crippen LogP contribution >= 0.6 is 11.6 Å². The lowest BCUT2D eigenvalue weighted by Gasteiger charge is -2.27. The fourth-order valence-electron chi connectivity index (χ4n) is 2.52. The van der Waals surface area contributed by atoms with E-state index in [1.807, 2.05) is 36.5 Å². The lowest BCUT2D eigenvalue weighted by molar-refractivity contribution is 0.445. The predicted octanol–water partition coefficient (Wildman–Crippen LogP) is 4.32. The van der Waals surface area contributed by atoms with Crippen molar-refractivity contribution in [1.29, 1.82) is 0 Å². The maximum Gasteiger partial charge on any atom is 0.231 e. The zero-order chi connectivity index (χ0) is 14.9. The molecule has 4 rings (SSSR count). The lowest BCUT2D eigenvalue weighted by atomic mass is 9.93. The van der Waals surface area contributed by atoms with Crippen molar-refractivity contribution in [1.82, 2.24) is 15.0 Å². The van der Waals surface area contributed by atoms with Crippen LogP contribution in [0.25, 0.3) is 11.0 Å². The monoisotopic (exact) mass is 313 g/mol. The summed E-state index contributed by atoms with van der Waals surface area (Å²) in [5.41, 5.74) is 1.73. The smallest absolute Gasteiger partial charge is 0.231 e. The first-order chi connectivity index (χ1) is 10.8. The number of aromatic nitrogens is 3. The maximum atomic E-state index is 5.91. The molecule has 0 saturated heterocycles. The lowest BCUT2D eigenvalue weighted by Crippen LogP contribution is -2.27. The average molecular weight is 314 g/mol. The van der Waals surface area contributed by atoms with Gasteiger partial charge in [0, 0.05) is 22.9 Å². The van der Waals surface area contributed by atoms with E-state index in [4.69, 9.17) is 11.6 Å². The van der Waals surface area contributed by atoms with Crippen LogP contribution in [0.3, 0.4) is 0 Å². The van der Waals surface area contributed by atoms with Gasteiger partial charge in [0.15, 0.2) is 0 Å². The van der Waals surface area contributed by atoms with Gasteiger partial charge in [0.2, 0.25) is 5.95 Å². The minimum atomic E-state index is 0.524. The first-order valence-corrected chi connectivity index (χ1v) is 7.80. The molecule has 5 nitrogen and oxygen atoms in total. The quantitative estimate of drug-likeness (QED) is 0.671. The van der Waals surface area contributed by atoms with Gasteiger partial charge in [-0.15, -0.1) is 0 Å². The number of rotatable bonds is 4. The number of benzene rings is 1. The summed E-state index contributed by atoms with van der Waals surface area (Å²) in [5, 5.41) is 8.46. The van der Waals surface area contributed by atoms with Gasteiger partial charge in [0.25, 0.3) is 0 Å². The Balaban J connectivity index is 1.66. The minimum Gasteiger partial charge on any atom is -0.367 e. The Hall–Kier alpha value is -2.27. The van der Waals surface area contributed by atoms with Crippen LogP contribution in [0.15, 0.2) is 36.5 Å². The normalized spacial score (nSPS) is 14.8. The third-order valence-electron chi connectivity index (χ3n) is 3.96. The van der Waals surface area contributed by atoms with Crippen LogP contribution in [-0.2, 0) is 0 Å². The largest absolute Gasteiger partial charge is 0.367 e. The summed E-state index contributed by atoms with van der Waals surface area (Å²) in [6, 6.07) is 10.0. The number of fused-ring (bicyclic) bond motifs is 1. The summed E-state index contributed by atoms with van der Waals surface area (Å²) < 4.78 is 0. The van der Waals surface area contributed by atoms with Crippen LogP contribution < -0.4 is 10.6 Å². The van der Waals surface area contributed by atoms with E-state index in [1.165, 1.54) is 19.3 Å². The topological polar surface area (TPSA) is 65.6 Å². The summed E-state index contributed by atoms with van der Waals surface area (Å²) in [7, 11) is 0. The van der Waals surface area contributed by atoms with E-state index in [0.717, 1.165) is 22.5 Å². The van der Waals surface area contributed by atoms with Gasteiger partial charge in [0.1, 0.15) is 11.5 Å². The molecule has 1 aliphatic carbocycles. The van der Waals surface area contributed by atoms with Gasteiger partial charge in [-0.05, 0) is 49.6 Å².